The van der Waals surface area contributed by atoms with Crippen LogP contribution < -0.4 is 11.3 Å². The number of halogens is 1. The second-order valence-electron chi connectivity index (χ2n) is 3.37. The minimum atomic E-state index is 0.561. The minimum Gasteiger partial charge on any atom is -0.308 e. The number of hydrogen-bond donors (Lipinski definition) is 2. The number of fused-ring (bicyclic) bond motifs is 1. The maximum absolute atomic E-state index is 6.19. The molecular formula is C10H11ClN4. The molecular weight excluding hydrogens is 212 g/mol. The molecule has 0 saturated carbocycles. The number of anilines is 1. The molecule has 0 atom stereocenters. The summed E-state index contributed by atoms with van der Waals surface area (Å²) < 4.78 is 0. The smallest absolute Gasteiger partial charge is 0.163 e. The lowest BCUT2D eigenvalue weighted by atomic mass is 10.2. The van der Waals surface area contributed by atoms with Crippen LogP contribution in [0.15, 0.2) is 12.1 Å². The molecule has 0 radical (unpaired) electrons. The number of nitrogens with two attached hydrogens (primary N) is 1. The first kappa shape index (κ1) is 10.1. The number of pyridine rings is 2. The maximum atomic E-state index is 6.19. The first-order valence-electron chi connectivity index (χ1n) is 4.53. The number of hydrazine groups is 1. The normalized spacial score (nSPS) is 10.7. The van der Waals surface area contributed by atoms with Gasteiger partial charge in [0.05, 0.1) is 5.02 Å². The molecule has 0 saturated heterocycles. The van der Waals surface area contributed by atoms with Gasteiger partial charge in [-0.1, -0.05) is 11.6 Å². The minimum absolute atomic E-state index is 0.561. The molecule has 15 heavy (non-hydrogen) atoms. The van der Waals surface area contributed by atoms with Crippen molar-refractivity contribution in [2.45, 2.75) is 13.8 Å². The number of aryl methyl sites for hydroxylation is 1. The molecule has 0 aromatic carbocycles. The van der Waals surface area contributed by atoms with Crippen LogP contribution in [0, 0.1) is 13.8 Å². The van der Waals surface area contributed by atoms with E-state index in [1.54, 1.807) is 0 Å². The zero-order valence-corrected chi connectivity index (χ0v) is 9.26. The average Bonchev–Trinajstić information content (AvgIpc) is 2.23. The number of hydrogen-bond acceptors (Lipinski definition) is 4. The van der Waals surface area contributed by atoms with Crippen molar-refractivity contribution in [1.29, 1.82) is 0 Å². The largest absolute Gasteiger partial charge is 0.308 e. The molecule has 3 N–H and O–H groups in total. The Morgan fingerprint density at radius 1 is 1.27 bits per heavy atom. The van der Waals surface area contributed by atoms with Gasteiger partial charge in [0.25, 0.3) is 0 Å². The SMILES string of the molecule is Cc1ccc2c(Cl)c(C)c(NN)nc2n1. The Balaban J connectivity index is 2.84. The fourth-order valence-electron chi connectivity index (χ4n) is 1.44. The monoisotopic (exact) mass is 222 g/mol. The van der Waals surface area contributed by atoms with Crippen molar-refractivity contribution in [3.63, 3.8) is 0 Å². The van der Waals surface area contributed by atoms with Crippen LogP contribution >= 0.6 is 11.6 Å². The number of nitrogen functional groups attached to an aromatic ring is 1. The Bertz CT molecular complexity index is 524. The van der Waals surface area contributed by atoms with E-state index in [-0.39, 0.29) is 0 Å². The summed E-state index contributed by atoms with van der Waals surface area (Å²) in [7, 11) is 0. The molecule has 2 aromatic heterocycles. The van der Waals surface area contributed by atoms with Gasteiger partial charge in [-0.2, -0.15) is 0 Å². The molecule has 2 rings (SSSR count). The first-order chi connectivity index (χ1) is 7.13. The molecule has 0 fully saturated rings. The fourth-order valence-corrected chi connectivity index (χ4v) is 1.67. The van der Waals surface area contributed by atoms with E-state index in [0.29, 0.717) is 16.5 Å². The van der Waals surface area contributed by atoms with Crippen LogP contribution in [-0.2, 0) is 0 Å². The Kier molecular flexibility index (Phi) is 2.46. The molecule has 0 unspecified atom stereocenters. The van der Waals surface area contributed by atoms with Crippen molar-refractivity contribution >= 4 is 28.5 Å². The van der Waals surface area contributed by atoms with Crippen LogP contribution in [-0.4, -0.2) is 9.97 Å². The first-order valence-corrected chi connectivity index (χ1v) is 4.91. The summed E-state index contributed by atoms with van der Waals surface area (Å²) in [5, 5.41) is 1.49. The van der Waals surface area contributed by atoms with Gasteiger partial charge in [0, 0.05) is 16.6 Å². The summed E-state index contributed by atoms with van der Waals surface area (Å²) in [5.41, 5.74) is 4.85. The summed E-state index contributed by atoms with van der Waals surface area (Å²) in [6.07, 6.45) is 0. The molecule has 2 aromatic rings. The molecule has 0 amide bonds. The third-order valence-corrected chi connectivity index (χ3v) is 2.78. The van der Waals surface area contributed by atoms with E-state index < -0.39 is 0 Å². The zero-order valence-electron chi connectivity index (χ0n) is 8.50. The third-order valence-electron chi connectivity index (χ3n) is 2.29. The second kappa shape index (κ2) is 3.64. The van der Waals surface area contributed by atoms with Gasteiger partial charge in [0.2, 0.25) is 0 Å². The van der Waals surface area contributed by atoms with E-state index in [0.717, 1.165) is 16.6 Å². The molecule has 0 aliphatic rings. The summed E-state index contributed by atoms with van der Waals surface area (Å²) in [6, 6.07) is 3.82. The lowest BCUT2D eigenvalue weighted by Crippen LogP contribution is -2.10. The van der Waals surface area contributed by atoms with Crippen molar-refractivity contribution in [2.24, 2.45) is 5.84 Å². The van der Waals surface area contributed by atoms with Gasteiger partial charge < -0.3 is 5.43 Å². The van der Waals surface area contributed by atoms with E-state index in [9.17, 15) is 0 Å². The van der Waals surface area contributed by atoms with E-state index in [1.807, 2.05) is 26.0 Å². The highest BCUT2D eigenvalue weighted by atomic mass is 35.5. The summed E-state index contributed by atoms with van der Waals surface area (Å²) in [6.45, 7) is 3.77. The zero-order chi connectivity index (χ0) is 11.0. The summed E-state index contributed by atoms with van der Waals surface area (Å²) in [4.78, 5) is 8.58. The lowest BCUT2D eigenvalue weighted by molar-refractivity contribution is 1.16. The molecule has 0 bridgehead atoms. The van der Waals surface area contributed by atoms with Gasteiger partial charge in [0.1, 0.15) is 5.82 Å². The molecule has 78 valence electrons. The Morgan fingerprint density at radius 2 is 2.00 bits per heavy atom. The average molecular weight is 223 g/mol. The van der Waals surface area contributed by atoms with Gasteiger partial charge in [-0.25, -0.2) is 15.8 Å². The molecule has 5 heteroatoms. The highest BCUT2D eigenvalue weighted by Gasteiger charge is 2.09. The fraction of sp³-hybridized carbons (Fsp3) is 0.200. The number of aromatic nitrogens is 2. The van der Waals surface area contributed by atoms with Gasteiger partial charge >= 0.3 is 0 Å². The highest BCUT2D eigenvalue weighted by Crippen LogP contribution is 2.28. The van der Waals surface area contributed by atoms with Crippen molar-refractivity contribution in [2.75, 3.05) is 5.43 Å². The van der Waals surface area contributed by atoms with Crippen molar-refractivity contribution in [1.82, 2.24) is 9.97 Å². The summed E-state index contributed by atoms with van der Waals surface area (Å²) in [5.74, 6) is 5.91. The quantitative estimate of drug-likeness (QED) is 0.574. The predicted octanol–water partition coefficient (Wildman–Crippen LogP) is 2.19. The summed E-state index contributed by atoms with van der Waals surface area (Å²) >= 11 is 6.19. The van der Waals surface area contributed by atoms with Crippen molar-refractivity contribution in [3.8, 4) is 0 Å². The van der Waals surface area contributed by atoms with E-state index >= 15 is 0 Å². The Hall–Kier alpha value is -1.39. The number of rotatable bonds is 1. The van der Waals surface area contributed by atoms with Gasteiger partial charge in [-0.15, -0.1) is 0 Å². The van der Waals surface area contributed by atoms with Crippen LogP contribution in [0.2, 0.25) is 5.02 Å². The Labute approximate surface area is 92.4 Å². The number of nitrogens with zero attached hydrogens (tertiary/aromatic N) is 2. The predicted molar refractivity (Wildman–Crippen MR) is 61.8 cm³/mol. The van der Waals surface area contributed by atoms with Crippen LogP contribution in [0.1, 0.15) is 11.3 Å². The van der Waals surface area contributed by atoms with Gasteiger partial charge in [-0.05, 0) is 26.0 Å². The van der Waals surface area contributed by atoms with E-state index in [2.05, 4.69) is 15.4 Å². The van der Waals surface area contributed by atoms with Crippen molar-refractivity contribution < 1.29 is 0 Å². The second-order valence-corrected chi connectivity index (χ2v) is 3.75. The molecule has 4 nitrogen and oxygen atoms in total. The topological polar surface area (TPSA) is 63.8 Å². The third kappa shape index (κ3) is 1.62. The molecule has 0 aliphatic heterocycles. The lowest BCUT2D eigenvalue weighted by Gasteiger charge is -2.08. The maximum Gasteiger partial charge on any atom is 0.163 e. The Morgan fingerprint density at radius 3 is 2.67 bits per heavy atom. The van der Waals surface area contributed by atoms with Gasteiger partial charge in [0.15, 0.2) is 5.65 Å². The molecule has 0 aliphatic carbocycles. The van der Waals surface area contributed by atoms with Crippen molar-refractivity contribution in [3.05, 3.63) is 28.4 Å². The van der Waals surface area contributed by atoms with Crippen LogP contribution in [0.4, 0.5) is 5.82 Å². The van der Waals surface area contributed by atoms with Crippen LogP contribution in [0.5, 0.6) is 0 Å². The standard InChI is InChI=1S/C10H11ClN4/c1-5-3-4-7-8(11)6(2)9(15-12)14-10(7)13-5/h3-4H,12H2,1-2H3,(H,13,14,15). The van der Waals surface area contributed by atoms with Crippen LogP contribution in [0.3, 0.4) is 0 Å². The van der Waals surface area contributed by atoms with Gasteiger partial charge in [-0.3, -0.25) is 0 Å². The van der Waals surface area contributed by atoms with Crippen LogP contribution in [0.25, 0.3) is 11.0 Å². The highest BCUT2D eigenvalue weighted by molar-refractivity contribution is 6.36. The number of nitrogens with one attached hydrogen (secondary N) is 1. The molecule has 0 spiro atoms. The molecule has 2 heterocycles. The van der Waals surface area contributed by atoms with E-state index in [1.165, 1.54) is 0 Å². The van der Waals surface area contributed by atoms with E-state index in [4.69, 9.17) is 17.4 Å².